The second-order valence-corrected chi connectivity index (χ2v) is 5.89. The molecule has 1 atom stereocenters. The highest BCUT2D eigenvalue weighted by atomic mass is 32.1. The lowest BCUT2D eigenvalue weighted by molar-refractivity contribution is 0.395. The van der Waals surface area contributed by atoms with Gasteiger partial charge in [-0.25, -0.2) is 4.98 Å². The molecule has 4 nitrogen and oxygen atoms in total. The molecule has 1 aliphatic carbocycles. The summed E-state index contributed by atoms with van der Waals surface area (Å²) in [5, 5.41) is 3.06. The van der Waals surface area contributed by atoms with Crippen LogP contribution in [0.4, 0.5) is 0 Å². The van der Waals surface area contributed by atoms with Gasteiger partial charge in [0, 0.05) is 17.0 Å². The Morgan fingerprint density at radius 1 is 1.30 bits per heavy atom. The standard InChI is InChI=1S/C15H18N2O2S/c1-18-10-5-6-11(13(7-10)19-2)12-8-20-15(17-12)14(16)9-3-4-9/h5-9,14H,3-4,16H2,1-2H3. The summed E-state index contributed by atoms with van der Waals surface area (Å²) < 4.78 is 10.6. The SMILES string of the molecule is COc1ccc(-c2csc(C(N)C3CC3)n2)c(OC)c1. The summed E-state index contributed by atoms with van der Waals surface area (Å²) in [5.74, 6) is 2.16. The Morgan fingerprint density at radius 3 is 2.75 bits per heavy atom. The summed E-state index contributed by atoms with van der Waals surface area (Å²) in [5.41, 5.74) is 8.09. The van der Waals surface area contributed by atoms with E-state index in [4.69, 9.17) is 15.2 Å². The van der Waals surface area contributed by atoms with Crippen LogP contribution in [0, 0.1) is 5.92 Å². The van der Waals surface area contributed by atoms with E-state index in [1.54, 1.807) is 25.6 Å². The molecule has 0 radical (unpaired) electrons. The average molecular weight is 290 g/mol. The Kier molecular flexibility index (Phi) is 3.63. The Morgan fingerprint density at radius 2 is 2.10 bits per heavy atom. The molecule has 0 spiro atoms. The van der Waals surface area contributed by atoms with Crippen LogP contribution >= 0.6 is 11.3 Å². The van der Waals surface area contributed by atoms with Crippen molar-refractivity contribution >= 4 is 11.3 Å². The van der Waals surface area contributed by atoms with E-state index in [1.807, 2.05) is 23.6 Å². The fourth-order valence-electron chi connectivity index (χ4n) is 2.23. The number of nitrogens with two attached hydrogens (primary N) is 1. The van der Waals surface area contributed by atoms with E-state index < -0.39 is 0 Å². The zero-order valence-electron chi connectivity index (χ0n) is 11.6. The van der Waals surface area contributed by atoms with E-state index in [1.165, 1.54) is 12.8 Å². The van der Waals surface area contributed by atoms with E-state index >= 15 is 0 Å². The van der Waals surface area contributed by atoms with Gasteiger partial charge in [0.2, 0.25) is 0 Å². The minimum atomic E-state index is 0.0815. The van der Waals surface area contributed by atoms with Crippen LogP contribution in [0.3, 0.4) is 0 Å². The van der Waals surface area contributed by atoms with Crippen LogP contribution in [-0.2, 0) is 0 Å². The maximum atomic E-state index is 6.20. The topological polar surface area (TPSA) is 57.4 Å². The van der Waals surface area contributed by atoms with Crippen LogP contribution in [0.15, 0.2) is 23.6 Å². The van der Waals surface area contributed by atoms with Gasteiger partial charge in [0.15, 0.2) is 0 Å². The zero-order chi connectivity index (χ0) is 14.1. The van der Waals surface area contributed by atoms with Gasteiger partial charge in [-0.3, -0.25) is 0 Å². The molecule has 106 valence electrons. The minimum Gasteiger partial charge on any atom is -0.497 e. The number of hydrogen-bond donors (Lipinski definition) is 1. The van der Waals surface area contributed by atoms with Crippen molar-refractivity contribution in [1.29, 1.82) is 0 Å². The third-order valence-electron chi connectivity index (χ3n) is 3.62. The number of aromatic nitrogens is 1. The molecule has 1 aromatic carbocycles. The Balaban J connectivity index is 1.92. The molecule has 20 heavy (non-hydrogen) atoms. The van der Waals surface area contributed by atoms with E-state index in [2.05, 4.69) is 4.98 Å². The monoisotopic (exact) mass is 290 g/mol. The Labute approximate surface area is 122 Å². The summed E-state index contributed by atoms with van der Waals surface area (Å²) in [7, 11) is 3.30. The van der Waals surface area contributed by atoms with Crippen LogP contribution in [0.5, 0.6) is 11.5 Å². The zero-order valence-corrected chi connectivity index (χ0v) is 12.4. The van der Waals surface area contributed by atoms with Gasteiger partial charge in [0.05, 0.1) is 26.0 Å². The number of nitrogens with zero attached hydrogens (tertiary/aromatic N) is 1. The minimum absolute atomic E-state index is 0.0815. The highest BCUT2D eigenvalue weighted by Crippen LogP contribution is 2.41. The molecule has 1 fully saturated rings. The normalized spacial score (nSPS) is 15.9. The summed E-state index contributed by atoms with van der Waals surface area (Å²) in [6.07, 6.45) is 2.45. The second-order valence-electron chi connectivity index (χ2n) is 5.00. The molecule has 0 amide bonds. The van der Waals surface area contributed by atoms with Gasteiger partial charge in [-0.05, 0) is 30.9 Å². The van der Waals surface area contributed by atoms with E-state index in [0.717, 1.165) is 27.8 Å². The quantitative estimate of drug-likeness (QED) is 0.918. The van der Waals surface area contributed by atoms with Gasteiger partial charge in [0.1, 0.15) is 16.5 Å². The predicted molar refractivity (Wildman–Crippen MR) is 80.3 cm³/mol. The third kappa shape index (κ3) is 2.51. The van der Waals surface area contributed by atoms with Crippen LogP contribution < -0.4 is 15.2 Å². The van der Waals surface area contributed by atoms with Gasteiger partial charge in [-0.15, -0.1) is 11.3 Å². The molecular formula is C15H18N2O2S. The first-order chi connectivity index (χ1) is 9.72. The van der Waals surface area contributed by atoms with Gasteiger partial charge >= 0.3 is 0 Å². The fraction of sp³-hybridized carbons (Fsp3) is 0.400. The fourth-order valence-corrected chi connectivity index (χ4v) is 3.14. The van der Waals surface area contributed by atoms with Crippen LogP contribution in [0.1, 0.15) is 23.9 Å². The second kappa shape index (κ2) is 5.42. The molecule has 1 aliphatic rings. The lowest BCUT2D eigenvalue weighted by atomic mass is 10.1. The maximum Gasteiger partial charge on any atom is 0.131 e. The van der Waals surface area contributed by atoms with Crippen molar-refractivity contribution in [3.05, 3.63) is 28.6 Å². The largest absolute Gasteiger partial charge is 0.497 e. The predicted octanol–water partition coefficient (Wildman–Crippen LogP) is 3.24. The van der Waals surface area contributed by atoms with Gasteiger partial charge in [-0.1, -0.05) is 0 Å². The number of benzene rings is 1. The number of hydrogen-bond acceptors (Lipinski definition) is 5. The molecular weight excluding hydrogens is 272 g/mol. The number of methoxy groups -OCH3 is 2. The highest BCUT2D eigenvalue weighted by molar-refractivity contribution is 7.10. The van der Waals surface area contributed by atoms with E-state index in [0.29, 0.717) is 5.92 Å². The lowest BCUT2D eigenvalue weighted by Crippen LogP contribution is -2.11. The third-order valence-corrected chi connectivity index (χ3v) is 4.57. The molecule has 0 saturated heterocycles. The first-order valence-electron chi connectivity index (χ1n) is 6.66. The summed E-state index contributed by atoms with van der Waals surface area (Å²) >= 11 is 1.63. The van der Waals surface area contributed by atoms with Gasteiger partial charge in [-0.2, -0.15) is 0 Å². The van der Waals surface area contributed by atoms with Crippen LogP contribution in [0.25, 0.3) is 11.3 Å². The van der Waals surface area contributed by atoms with Crippen molar-refractivity contribution in [3.63, 3.8) is 0 Å². The molecule has 2 aromatic rings. The summed E-state index contributed by atoms with van der Waals surface area (Å²) in [6.45, 7) is 0. The van der Waals surface area contributed by atoms with Crippen molar-refractivity contribution in [2.75, 3.05) is 14.2 Å². The first-order valence-corrected chi connectivity index (χ1v) is 7.54. The van der Waals surface area contributed by atoms with Crippen molar-refractivity contribution in [1.82, 2.24) is 4.98 Å². The molecule has 1 aromatic heterocycles. The summed E-state index contributed by atoms with van der Waals surface area (Å²) in [4.78, 5) is 4.68. The first kappa shape index (κ1) is 13.4. The van der Waals surface area contributed by atoms with Gasteiger partial charge < -0.3 is 15.2 Å². The molecule has 2 N–H and O–H groups in total. The van der Waals surface area contributed by atoms with Crippen molar-refractivity contribution in [3.8, 4) is 22.8 Å². The Bertz CT molecular complexity index is 608. The average Bonchev–Trinajstić information content (AvgIpc) is 3.23. The van der Waals surface area contributed by atoms with E-state index in [9.17, 15) is 0 Å². The van der Waals surface area contributed by atoms with Crippen molar-refractivity contribution in [2.45, 2.75) is 18.9 Å². The molecule has 5 heteroatoms. The van der Waals surface area contributed by atoms with Gasteiger partial charge in [0.25, 0.3) is 0 Å². The number of rotatable bonds is 5. The smallest absolute Gasteiger partial charge is 0.131 e. The molecule has 1 heterocycles. The molecule has 1 saturated carbocycles. The van der Waals surface area contributed by atoms with Crippen molar-refractivity contribution in [2.24, 2.45) is 11.7 Å². The molecule has 3 rings (SSSR count). The maximum absolute atomic E-state index is 6.20. The van der Waals surface area contributed by atoms with Crippen LogP contribution in [0.2, 0.25) is 0 Å². The highest BCUT2D eigenvalue weighted by Gasteiger charge is 2.31. The molecule has 0 aliphatic heterocycles. The Hall–Kier alpha value is -1.59. The van der Waals surface area contributed by atoms with Crippen molar-refractivity contribution < 1.29 is 9.47 Å². The molecule has 1 unspecified atom stereocenters. The lowest BCUT2D eigenvalue weighted by Gasteiger charge is -2.09. The number of thiazole rings is 1. The van der Waals surface area contributed by atoms with Crippen LogP contribution in [-0.4, -0.2) is 19.2 Å². The summed E-state index contributed by atoms with van der Waals surface area (Å²) in [6, 6.07) is 5.84. The number of ether oxygens (including phenoxy) is 2. The van der Waals surface area contributed by atoms with E-state index in [-0.39, 0.29) is 6.04 Å². The molecule has 0 bridgehead atoms.